The molecule has 0 aliphatic carbocycles. The normalized spacial score (nSPS) is 11.5. The maximum absolute atomic E-state index is 5.43. The van der Waals surface area contributed by atoms with Gasteiger partial charge in [0.25, 0.3) is 0 Å². The van der Waals surface area contributed by atoms with Crippen LogP contribution in [0.1, 0.15) is 105 Å². The summed E-state index contributed by atoms with van der Waals surface area (Å²) < 4.78 is 21.7. The molecule has 0 saturated carbocycles. The van der Waals surface area contributed by atoms with Gasteiger partial charge in [-0.15, -0.1) is 0 Å². The first-order chi connectivity index (χ1) is 14.2. The van der Waals surface area contributed by atoms with Crippen LogP contribution in [0.2, 0.25) is 0 Å². The Labute approximate surface area is 231 Å². The molecule has 0 amide bonds. The molecule has 11 heteroatoms. The molecule has 4 nitrogen and oxygen atoms in total. The monoisotopic (exact) mass is 658 g/mol. The van der Waals surface area contributed by atoms with Gasteiger partial charge in [0.1, 0.15) is 0 Å². The van der Waals surface area contributed by atoms with Crippen LogP contribution in [0.5, 0.6) is 0 Å². The van der Waals surface area contributed by atoms with E-state index in [1.807, 2.05) is 0 Å². The molecule has 0 bridgehead atoms. The second kappa shape index (κ2) is 27.2. The minimum Gasteiger partial charge on any atom is -0.691 e. The molecule has 0 aromatic carbocycles. The van der Waals surface area contributed by atoms with Gasteiger partial charge in [-0.1, -0.05) is 103 Å². The van der Waals surface area contributed by atoms with Crippen LogP contribution in [-0.4, -0.2) is 50.3 Å². The van der Waals surface area contributed by atoms with Crippen molar-refractivity contribution in [3.8, 4) is 0 Å². The van der Waals surface area contributed by atoms with E-state index in [0.29, 0.717) is 26.4 Å². The van der Waals surface area contributed by atoms with Crippen LogP contribution in [0.15, 0.2) is 0 Å². The fraction of sp³-hybridized carbons (Fsp3) is 1.00. The van der Waals surface area contributed by atoms with Gasteiger partial charge < -0.3 is 42.6 Å². The molecule has 0 unspecified atom stereocenters. The minimum absolute atomic E-state index is 0. The second-order valence-electron chi connectivity index (χ2n) is 7.06. The Kier molecular flexibility index (Phi) is 33.5. The molecule has 0 heterocycles. The maximum atomic E-state index is 5.43. The molecule has 0 atom stereocenters. The smallest absolute Gasteiger partial charge is 0.691 e. The molecule has 0 aromatic heterocycles. The van der Waals surface area contributed by atoms with Gasteiger partial charge in [0.05, 0.1) is 37.8 Å². The maximum Gasteiger partial charge on any atom is 2.00 e. The number of hydrogen-bond acceptors (Lipinski definition) is 8. The van der Waals surface area contributed by atoms with Gasteiger partial charge in [-0.05, 0) is 25.7 Å². The van der Waals surface area contributed by atoms with E-state index in [-0.39, 0.29) is 23.9 Å². The van der Waals surface area contributed by atoms with Crippen LogP contribution in [0.3, 0.4) is 0 Å². The van der Waals surface area contributed by atoms with Crippen molar-refractivity contribution in [2.24, 2.45) is 0 Å². The van der Waals surface area contributed by atoms with E-state index in [1.54, 1.807) is 0 Å². The molecule has 2 radical (unpaired) electrons. The average Bonchev–Trinajstić information content (AvgIpc) is 2.70. The van der Waals surface area contributed by atoms with Crippen LogP contribution in [0.25, 0.3) is 0 Å². The molecule has 0 spiro atoms. The summed E-state index contributed by atoms with van der Waals surface area (Å²) in [7, 11) is 0. The molecule has 0 aliphatic heterocycles. The summed E-state index contributed by atoms with van der Waals surface area (Å²) in [6.07, 6.45) is 13.5. The fourth-order valence-corrected chi connectivity index (χ4v) is 5.54. The van der Waals surface area contributed by atoms with Gasteiger partial charge in [0.15, 0.2) is 0 Å². The Hall–Kier alpha value is 2.64. The third-order valence-electron chi connectivity index (χ3n) is 3.99. The number of hydrogen-bond donors (Lipinski definition) is 0. The van der Waals surface area contributed by atoms with Gasteiger partial charge in [-0.25, -0.2) is 0 Å². The summed E-state index contributed by atoms with van der Waals surface area (Å²) in [4.78, 5) is 0. The summed E-state index contributed by atoms with van der Waals surface area (Å²) in [6.45, 7) is 11.3. The van der Waals surface area contributed by atoms with Gasteiger partial charge in [-0.3, -0.25) is 0 Å². The molecule has 0 N–H and O–H groups in total. The standard InChI is InChI=1S/2C10H23O2PS2.Sn/c2*1-3-5-7-9-11-13(14,15)12-10-8-6-4-2;/h2*3-10H2,1-2H3,(H,14,15);/q;;+2/p-2. The number of rotatable bonds is 20. The van der Waals surface area contributed by atoms with Gasteiger partial charge in [0, 0.05) is 0 Å². The zero-order valence-corrected chi connectivity index (χ0v) is 27.9. The van der Waals surface area contributed by atoms with Crippen molar-refractivity contribution in [1.82, 2.24) is 0 Å². The van der Waals surface area contributed by atoms with Gasteiger partial charge in [-0.2, -0.15) is 0 Å². The van der Waals surface area contributed by atoms with E-state index in [1.165, 1.54) is 51.4 Å². The van der Waals surface area contributed by atoms with Crippen LogP contribution >= 0.6 is 11.4 Å². The van der Waals surface area contributed by atoms with E-state index in [9.17, 15) is 0 Å². The van der Waals surface area contributed by atoms with Crippen LogP contribution in [-0.2, 0) is 66.2 Å². The SMILES string of the molecule is CCCCCOP(=S)([S-])OCCCCC.CCCCCOP(=S)([S-])OCCCCC.[Sn+2]. The quantitative estimate of drug-likeness (QED) is 0.0566. The van der Waals surface area contributed by atoms with Crippen molar-refractivity contribution in [1.29, 1.82) is 0 Å². The Morgan fingerprint density at radius 1 is 0.484 bits per heavy atom. The van der Waals surface area contributed by atoms with Crippen LogP contribution < -0.4 is 0 Å². The van der Waals surface area contributed by atoms with Crippen LogP contribution in [0, 0.1) is 0 Å². The zero-order valence-electron chi connectivity index (χ0n) is 20.0. The Bertz CT molecular complexity index is 391. The fourth-order valence-electron chi connectivity index (χ4n) is 2.19. The zero-order chi connectivity index (χ0) is 23.1. The summed E-state index contributed by atoms with van der Waals surface area (Å²) in [6, 6.07) is 0. The topological polar surface area (TPSA) is 36.9 Å². The van der Waals surface area contributed by atoms with Gasteiger partial charge >= 0.3 is 23.9 Å². The molecule has 186 valence electrons. The molecule has 0 saturated heterocycles. The molecule has 0 aromatic rings. The van der Waals surface area contributed by atoms with E-state index < -0.39 is 11.4 Å². The summed E-state index contributed by atoms with van der Waals surface area (Å²) in [5.74, 6) is 0. The average molecular weight is 657 g/mol. The van der Waals surface area contributed by atoms with Gasteiger partial charge in [0.2, 0.25) is 0 Å². The van der Waals surface area contributed by atoms with Crippen molar-refractivity contribution < 1.29 is 18.1 Å². The van der Waals surface area contributed by atoms with Crippen molar-refractivity contribution in [2.75, 3.05) is 26.4 Å². The summed E-state index contributed by atoms with van der Waals surface area (Å²) in [5.41, 5.74) is -4.71. The number of unbranched alkanes of at least 4 members (excludes halogenated alkanes) is 8. The molecule has 0 rings (SSSR count). The predicted molar refractivity (Wildman–Crippen MR) is 151 cm³/mol. The molecular weight excluding hydrogens is 613 g/mol. The first-order valence-corrected chi connectivity index (χ1v) is 18.7. The first-order valence-electron chi connectivity index (χ1n) is 11.4. The predicted octanol–water partition coefficient (Wildman–Crippen LogP) is 7.96. The summed E-state index contributed by atoms with van der Waals surface area (Å²) >= 11 is 20.5. The Morgan fingerprint density at radius 3 is 0.839 bits per heavy atom. The Morgan fingerprint density at radius 2 is 0.677 bits per heavy atom. The van der Waals surface area contributed by atoms with Crippen molar-refractivity contribution in [2.45, 2.75) is 105 Å². The largest absolute Gasteiger partial charge is 2.00 e. The van der Waals surface area contributed by atoms with E-state index in [4.69, 9.17) is 66.2 Å². The third kappa shape index (κ3) is 32.6. The van der Waals surface area contributed by atoms with E-state index >= 15 is 0 Å². The Balaban J connectivity index is -0.000000490. The van der Waals surface area contributed by atoms with Crippen molar-refractivity contribution >= 4 is 83.4 Å². The molecule has 31 heavy (non-hydrogen) atoms. The first kappa shape index (κ1) is 38.2. The van der Waals surface area contributed by atoms with E-state index in [2.05, 4.69) is 27.7 Å². The second-order valence-corrected chi connectivity index (χ2v) is 17.0. The van der Waals surface area contributed by atoms with Crippen LogP contribution in [0.4, 0.5) is 0 Å². The molecule has 0 aliphatic rings. The summed E-state index contributed by atoms with van der Waals surface area (Å²) in [5, 5.41) is 0. The third-order valence-corrected chi connectivity index (χ3v) is 8.51. The molecular formula is C20H44O4P2S4Sn. The minimum atomic E-state index is -2.36. The van der Waals surface area contributed by atoms with Crippen molar-refractivity contribution in [3.63, 3.8) is 0 Å². The van der Waals surface area contributed by atoms with E-state index in [0.717, 1.165) is 25.7 Å². The molecule has 0 fully saturated rings. The van der Waals surface area contributed by atoms with Crippen molar-refractivity contribution in [3.05, 3.63) is 0 Å².